The molecule has 0 heterocycles. The largest absolute Gasteiger partial charge is 0.381 e. The zero-order valence-corrected chi connectivity index (χ0v) is 11.6. The van der Waals surface area contributed by atoms with Crippen molar-refractivity contribution in [1.29, 1.82) is 0 Å². The number of amides is 1. The maximum absolute atomic E-state index is 12.0. The number of hydrogen-bond acceptors (Lipinski definition) is 2. The molecule has 0 atom stereocenters. The number of nitrogens with one attached hydrogen (secondary N) is 1. The number of ether oxygens (including phenoxy) is 1. The molecule has 1 aromatic carbocycles. The van der Waals surface area contributed by atoms with Gasteiger partial charge in [-0.3, -0.25) is 4.79 Å². The molecule has 1 fully saturated rings. The van der Waals surface area contributed by atoms with Crippen molar-refractivity contribution in [1.82, 2.24) is 5.32 Å². The number of rotatable bonds is 3. The predicted octanol–water partition coefficient (Wildman–Crippen LogP) is 2.66. The summed E-state index contributed by atoms with van der Waals surface area (Å²) in [6, 6.07) is 5.93. The average Bonchev–Trinajstić information content (AvgIpc) is 2.26. The minimum Gasteiger partial charge on any atom is -0.381 e. The first-order valence-corrected chi connectivity index (χ1v) is 6.50. The van der Waals surface area contributed by atoms with Crippen molar-refractivity contribution in [3.63, 3.8) is 0 Å². The lowest BCUT2D eigenvalue weighted by Crippen LogP contribution is -2.47. The summed E-state index contributed by atoms with van der Waals surface area (Å²) in [7, 11) is 1.71. The third-order valence-corrected chi connectivity index (χ3v) is 4.13. The molecule has 1 aliphatic carbocycles. The molecule has 4 heteroatoms. The molecule has 0 bridgehead atoms. The second-order valence-corrected chi connectivity index (χ2v) is 5.27. The van der Waals surface area contributed by atoms with E-state index in [4.69, 9.17) is 4.74 Å². The van der Waals surface area contributed by atoms with Crippen molar-refractivity contribution in [2.75, 3.05) is 7.11 Å². The van der Waals surface area contributed by atoms with E-state index in [-0.39, 0.29) is 11.9 Å². The molecule has 0 spiro atoms. The van der Waals surface area contributed by atoms with Gasteiger partial charge in [-0.25, -0.2) is 0 Å². The molecule has 3 nitrogen and oxygen atoms in total. The Morgan fingerprint density at radius 1 is 1.47 bits per heavy atom. The Balaban J connectivity index is 1.99. The molecule has 1 N–H and O–H groups in total. The molecule has 0 radical (unpaired) electrons. The second kappa shape index (κ2) is 5.19. The molecule has 1 saturated carbocycles. The Morgan fingerprint density at radius 2 is 2.18 bits per heavy atom. The summed E-state index contributed by atoms with van der Waals surface area (Å²) >= 11 is 3.43. The van der Waals surface area contributed by atoms with Crippen molar-refractivity contribution >= 4 is 21.8 Å². The van der Waals surface area contributed by atoms with Gasteiger partial charge < -0.3 is 10.1 Å². The van der Waals surface area contributed by atoms with Crippen LogP contribution in [0.1, 0.15) is 28.8 Å². The summed E-state index contributed by atoms with van der Waals surface area (Å²) in [4.78, 5) is 12.0. The second-order valence-electron chi connectivity index (χ2n) is 4.41. The highest BCUT2D eigenvalue weighted by Gasteiger charge is 2.30. The first kappa shape index (κ1) is 12.6. The Morgan fingerprint density at radius 3 is 2.82 bits per heavy atom. The van der Waals surface area contributed by atoms with Gasteiger partial charge in [0.15, 0.2) is 0 Å². The van der Waals surface area contributed by atoms with Crippen LogP contribution < -0.4 is 5.32 Å². The van der Waals surface area contributed by atoms with Crippen LogP contribution in [0.5, 0.6) is 0 Å². The van der Waals surface area contributed by atoms with E-state index in [1.165, 1.54) is 0 Å². The topological polar surface area (TPSA) is 38.3 Å². The standard InChI is InChI=1S/C13H16BrNO2/c1-8-11(4-3-5-12(8)14)13(16)15-9-6-10(7-9)17-2/h3-5,9-10H,6-7H2,1-2H3,(H,15,16). The van der Waals surface area contributed by atoms with Crippen molar-refractivity contribution in [3.8, 4) is 0 Å². The highest BCUT2D eigenvalue weighted by Crippen LogP contribution is 2.24. The first-order valence-electron chi connectivity index (χ1n) is 5.70. The third kappa shape index (κ3) is 2.69. The molecule has 0 aromatic heterocycles. The zero-order valence-electron chi connectivity index (χ0n) is 10.00. The molecule has 2 rings (SSSR count). The maximum Gasteiger partial charge on any atom is 0.251 e. The van der Waals surface area contributed by atoms with Gasteiger partial charge in [-0.2, -0.15) is 0 Å². The van der Waals surface area contributed by atoms with Crippen molar-refractivity contribution in [2.45, 2.75) is 31.9 Å². The first-order chi connectivity index (χ1) is 8.11. The Kier molecular flexibility index (Phi) is 3.84. The SMILES string of the molecule is COC1CC(NC(=O)c2cccc(Br)c2C)C1. The fourth-order valence-electron chi connectivity index (χ4n) is 1.99. The Bertz CT molecular complexity index is 427. The summed E-state index contributed by atoms with van der Waals surface area (Å²) in [6.45, 7) is 1.94. The van der Waals surface area contributed by atoms with E-state index < -0.39 is 0 Å². The van der Waals surface area contributed by atoms with Gasteiger partial charge in [-0.1, -0.05) is 22.0 Å². The molecular weight excluding hydrogens is 282 g/mol. The van der Waals surface area contributed by atoms with E-state index in [1.54, 1.807) is 7.11 Å². The number of halogens is 1. The number of benzene rings is 1. The Hall–Kier alpha value is -0.870. The molecule has 92 valence electrons. The van der Waals surface area contributed by atoms with Gasteiger partial charge in [-0.05, 0) is 37.5 Å². The zero-order chi connectivity index (χ0) is 12.4. The van der Waals surface area contributed by atoms with E-state index in [0.717, 1.165) is 28.4 Å². The molecular formula is C13H16BrNO2. The third-order valence-electron chi connectivity index (χ3n) is 3.28. The maximum atomic E-state index is 12.0. The number of hydrogen-bond donors (Lipinski definition) is 1. The molecule has 1 amide bonds. The van der Waals surface area contributed by atoms with Gasteiger partial charge in [0.25, 0.3) is 5.91 Å². The number of carbonyl (C=O) groups is 1. The lowest BCUT2D eigenvalue weighted by Gasteiger charge is -2.34. The van der Waals surface area contributed by atoms with Crippen LogP contribution in [0, 0.1) is 6.92 Å². The van der Waals surface area contributed by atoms with Crippen LogP contribution >= 0.6 is 15.9 Å². The van der Waals surface area contributed by atoms with Crippen LogP contribution in [0.15, 0.2) is 22.7 Å². The summed E-state index contributed by atoms with van der Waals surface area (Å²) in [5.41, 5.74) is 1.72. The monoisotopic (exact) mass is 297 g/mol. The normalized spacial score (nSPS) is 23.0. The minimum absolute atomic E-state index is 0.00310. The van der Waals surface area contributed by atoms with Crippen LogP contribution in [-0.4, -0.2) is 25.2 Å². The molecule has 1 aliphatic rings. The van der Waals surface area contributed by atoms with Crippen LogP contribution in [-0.2, 0) is 4.74 Å². The van der Waals surface area contributed by atoms with E-state index in [1.807, 2.05) is 25.1 Å². The fraction of sp³-hybridized carbons (Fsp3) is 0.462. The van der Waals surface area contributed by atoms with Gasteiger partial charge in [0.05, 0.1) is 6.10 Å². The molecule has 1 aromatic rings. The quantitative estimate of drug-likeness (QED) is 0.931. The van der Waals surface area contributed by atoms with Gasteiger partial charge in [0.2, 0.25) is 0 Å². The average molecular weight is 298 g/mol. The van der Waals surface area contributed by atoms with Crippen molar-refractivity contribution in [3.05, 3.63) is 33.8 Å². The Labute approximate surface area is 110 Å². The predicted molar refractivity (Wildman–Crippen MR) is 70.2 cm³/mol. The minimum atomic E-state index is 0.00310. The smallest absolute Gasteiger partial charge is 0.251 e. The molecule has 0 aliphatic heterocycles. The van der Waals surface area contributed by atoms with Crippen LogP contribution in [0.25, 0.3) is 0 Å². The summed E-state index contributed by atoms with van der Waals surface area (Å²) in [5.74, 6) is 0.00310. The molecule has 17 heavy (non-hydrogen) atoms. The lowest BCUT2D eigenvalue weighted by molar-refractivity contribution is 0.0176. The summed E-state index contributed by atoms with van der Waals surface area (Å²) in [5, 5.41) is 3.03. The highest BCUT2D eigenvalue weighted by molar-refractivity contribution is 9.10. The van der Waals surface area contributed by atoms with Crippen LogP contribution in [0.3, 0.4) is 0 Å². The van der Waals surface area contributed by atoms with E-state index in [2.05, 4.69) is 21.2 Å². The van der Waals surface area contributed by atoms with E-state index in [9.17, 15) is 4.79 Å². The summed E-state index contributed by atoms with van der Waals surface area (Å²) in [6.07, 6.45) is 2.13. The van der Waals surface area contributed by atoms with E-state index >= 15 is 0 Å². The molecule has 0 unspecified atom stereocenters. The van der Waals surface area contributed by atoms with Crippen molar-refractivity contribution < 1.29 is 9.53 Å². The van der Waals surface area contributed by atoms with Crippen molar-refractivity contribution in [2.24, 2.45) is 0 Å². The fourth-order valence-corrected chi connectivity index (χ4v) is 2.36. The van der Waals surface area contributed by atoms with Crippen LogP contribution in [0.4, 0.5) is 0 Å². The highest BCUT2D eigenvalue weighted by atomic mass is 79.9. The van der Waals surface area contributed by atoms with E-state index in [0.29, 0.717) is 6.10 Å². The van der Waals surface area contributed by atoms with Gasteiger partial charge >= 0.3 is 0 Å². The molecule has 0 saturated heterocycles. The summed E-state index contributed by atoms with van der Waals surface area (Å²) < 4.78 is 6.15. The number of methoxy groups -OCH3 is 1. The number of carbonyl (C=O) groups excluding carboxylic acids is 1. The van der Waals surface area contributed by atoms with Crippen LogP contribution in [0.2, 0.25) is 0 Å². The lowest BCUT2D eigenvalue weighted by atomic mass is 9.89. The van der Waals surface area contributed by atoms with Gasteiger partial charge in [0, 0.05) is 23.2 Å². The van der Waals surface area contributed by atoms with Gasteiger partial charge in [0.1, 0.15) is 0 Å². The van der Waals surface area contributed by atoms with Gasteiger partial charge in [-0.15, -0.1) is 0 Å².